The number of hydrogen-bond donors (Lipinski definition) is 0. The van der Waals surface area contributed by atoms with E-state index in [9.17, 15) is 14.4 Å². The largest absolute Gasteiger partial charge is 0.497 e. The quantitative estimate of drug-likeness (QED) is 0.252. The monoisotopic (exact) mass is 585 g/mol. The summed E-state index contributed by atoms with van der Waals surface area (Å²) < 4.78 is 5.23. The molecule has 3 amide bonds. The number of amides is 3. The van der Waals surface area contributed by atoms with Crippen molar-refractivity contribution in [2.75, 3.05) is 18.6 Å². The fraction of sp³-hybridized carbons (Fsp3) is 0.270. The number of anilines is 1. The zero-order chi connectivity index (χ0) is 30.2. The van der Waals surface area contributed by atoms with Gasteiger partial charge in [0.15, 0.2) is 0 Å². The van der Waals surface area contributed by atoms with Gasteiger partial charge in [0.05, 0.1) is 13.7 Å². The van der Waals surface area contributed by atoms with Gasteiger partial charge in [-0.15, -0.1) is 0 Å². The molecule has 222 valence electrons. The first-order valence-electron chi connectivity index (χ1n) is 15.3. The van der Waals surface area contributed by atoms with Crippen LogP contribution >= 0.6 is 0 Å². The highest BCUT2D eigenvalue weighted by atomic mass is 16.5. The van der Waals surface area contributed by atoms with Crippen LogP contribution in [0.25, 0.3) is 0 Å². The summed E-state index contributed by atoms with van der Waals surface area (Å²) in [6, 6.07) is 32.0. The van der Waals surface area contributed by atoms with Crippen molar-refractivity contribution in [2.24, 2.45) is 0 Å². The lowest BCUT2D eigenvalue weighted by atomic mass is 9.83. The average molecular weight is 586 g/mol. The fourth-order valence-electron chi connectivity index (χ4n) is 6.97. The Kier molecular flexibility index (Phi) is 7.38. The molecule has 44 heavy (non-hydrogen) atoms. The molecule has 1 saturated heterocycles. The van der Waals surface area contributed by atoms with E-state index in [1.54, 1.807) is 12.0 Å². The van der Waals surface area contributed by atoms with Crippen molar-refractivity contribution >= 4 is 23.4 Å². The molecule has 0 saturated carbocycles. The van der Waals surface area contributed by atoms with Crippen LogP contribution in [0.2, 0.25) is 0 Å². The maximum absolute atomic E-state index is 13.6. The van der Waals surface area contributed by atoms with Gasteiger partial charge >= 0.3 is 0 Å². The van der Waals surface area contributed by atoms with Crippen LogP contribution in [-0.2, 0) is 29.2 Å². The van der Waals surface area contributed by atoms with E-state index in [1.165, 1.54) is 27.3 Å². The zero-order valence-corrected chi connectivity index (χ0v) is 24.8. The summed E-state index contributed by atoms with van der Waals surface area (Å²) in [7, 11) is 1.60. The summed E-state index contributed by atoms with van der Waals surface area (Å²) in [5.41, 5.74) is 7.46. The molecule has 3 aliphatic heterocycles. The van der Waals surface area contributed by atoms with E-state index in [1.807, 2.05) is 36.4 Å². The highest BCUT2D eigenvalue weighted by Crippen LogP contribution is 2.41. The number of methoxy groups -OCH3 is 1. The second-order valence-electron chi connectivity index (χ2n) is 11.9. The Morgan fingerprint density at radius 3 is 2.34 bits per heavy atom. The van der Waals surface area contributed by atoms with Crippen molar-refractivity contribution in [3.05, 3.63) is 130 Å². The van der Waals surface area contributed by atoms with E-state index in [0.29, 0.717) is 24.3 Å². The number of piperidine rings is 1. The lowest BCUT2D eigenvalue weighted by Crippen LogP contribution is -2.54. The second-order valence-corrected chi connectivity index (χ2v) is 11.9. The van der Waals surface area contributed by atoms with Crippen LogP contribution in [0.3, 0.4) is 0 Å². The van der Waals surface area contributed by atoms with Crippen molar-refractivity contribution in [2.45, 2.75) is 50.9 Å². The first kappa shape index (κ1) is 27.9. The van der Waals surface area contributed by atoms with Gasteiger partial charge in [0.1, 0.15) is 11.8 Å². The molecule has 7 nitrogen and oxygen atoms in total. The minimum atomic E-state index is -0.656. The molecule has 0 bridgehead atoms. The predicted molar refractivity (Wildman–Crippen MR) is 168 cm³/mol. The van der Waals surface area contributed by atoms with Crippen LogP contribution < -0.4 is 9.64 Å². The number of imide groups is 1. The Labute approximate surface area is 257 Å². The number of likely N-dealkylation sites (tertiary alicyclic amines) is 1. The van der Waals surface area contributed by atoms with Crippen LogP contribution in [0.1, 0.15) is 63.4 Å². The molecule has 0 N–H and O–H groups in total. The molecule has 2 atom stereocenters. The Balaban J connectivity index is 1.10. The Morgan fingerprint density at radius 1 is 0.795 bits per heavy atom. The number of para-hydroxylation sites is 1. The molecule has 0 radical (unpaired) electrons. The van der Waals surface area contributed by atoms with Gasteiger partial charge < -0.3 is 14.5 Å². The van der Waals surface area contributed by atoms with Crippen LogP contribution in [0.15, 0.2) is 97.1 Å². The third kappa shape index (κ3) is 5.12. The summed E-state index contributed by atoms with van der Waals surface area (Å²) in [4.78, 5) is 45.5. The van der Waals surface area contributed by atoms with Gasteiger partial charge in [-0.2, -0.15) is 0 Å². The minimum absolute atomic E-state index is 0.137. The third-order valence-corrected chi connectivity index (χ3v) is 9.28. The summed E-state index contributed by atoms with van der Waals surface area (Å²) in [5, 5.41) is 0. The Bertz CT molecular complexity index is 1720. The van der Waals surface area contributed by atoms with E-state index in [4.69, 9.17) is 4.74 Å². The number of carbonyl (C=O) groups is 3. The van der Waals surface area contributed by atoms with Crippen molar-refractivity contribution in [1.82, 2.24) is 9.80 Å². The molecule has 0 aromatic heterocycles. The topological polar surface area (TPSA) is 70.2 Å². The second kappa shape index (κ2) is 11.6. The molecule has 2 unspecified atom stereocenters. The highest BCUT2D eigenvalue weighted by molar-refractivity contribution is 6.05. The zero-order valence-electron chi connectivity index (χ0n) is 24.8. The molecule has 1 fully saturated rings. The van der Waals surface area contributed by atoms with E-state index in [-0.39, 0.29) is 36.6 Å². The average Bonchev–Trinajstić information content (AvgIpc) is 3.39. The number of benzene rings is 4. The predicted octanol–water partition coefficient (Wildman–Crippen LogP) is 5.91. The van der Waals surface area contributed by atoms with Gasteiger partial charge in [-0.1, -0.05) is 72.8 Å². The standard InChI is InChI=1S/C37H35N3O4/c1-44-29-14-11-26(12-15-29)23-40-35(41)18-17-34(37(40)43)39-24-28-21-27(13-16-31(28)36(39)42)30-19-20-38(22-25-7-3-2-4-8-25)33-10-6-5-9-32(30)33/h2-16,21,30,34H,17-20,22-24H2,1H3. The van der Waals surface area contributed by atoms with E-state index in [0.717, 1.165) is 30.6 Å². The molecule has 7 heteroatoms. The number of fused-ring (bicyclic) bond motifs is 2. The lowest BCUT2D eigenvalue weighted by Gasteiger charge is -2.36. The molecule has 4 aromatic carbocycles. The first-order valence-corrected chi connectivity index (χ1v) is 15.3. The van der Waals surface area contributed by atoms with Crippen molar-refractivity contribution < 1.29 is 19.1 Å². The molecule has 4 aromatic rings. The first-order chi connectivity index (χ1) is 21.5. The molecular formula is C37H35N3O4. The number of rotatable bonds is 7. The van der Waals surface area contributed by atoms with Gasteiger partial charge in [-0.3, -0.25) is 19.3 Å². The Morgan fingerprint density at radius 2 is 1.55 bits per heavy atom. The SMILES string of the molecule is COc1ccc(CN2C(=O)CCC(N3Cc4cc(C5CCN(Cc6ccccc6)c6ccccc65)ccc4C3=O)C2=O)cc1. The lowest BCUT2D eigenvalue weighted by molar-refractivity contribution is -0.153. The highest BCUT2D eigenvalue weighted by Gasteiger charge is 2.43. The summed E-state index contributed by atoms with van der Waals surface area (Å²) in [6.45, 7) is 2.36. The molecule has 7 rings (SSSR count). The van der Waals surface area contributed by atoms with Gasteiger partial charge in [-0.25, -0.2) is 0 Å². The summed E-state index contributed by atoms with van der Waals surface area (Å²) in [6.07, 6.45) is 1.55. The minimum Gasteiger partial charge on any atom is -0.497 e. The number of carbonyl (C=O) groups excluding carboxylic acids is 3. The fourth-order valence-corrected chi connectivity index (χ4v) is 6.97. The van der Waals surface area contributed by atoms with Gasteiger partial charge in [0, 0.05) is 43.2 Å². The van der Waals surface area contributed by atoms with E-state index >= 15 is 0 Å². The number of ether oxygens (including phenoxy) is 1. The van der Waals surface area contributed by atoms with Crippen molar-refractivity contribution in [1.29, 1.82) is 0 Å². The smallest absolute Gasteiger partial charge is 0.255 e. The normalized spacial score (nSPS) is 19.7. The van der Waals surface area contributed by atoms with E-state index in [2.05, 4.69) is 65.6 Å². The van der Waals surface area contributed by atoms with Crippen LogP contribution in [-0.4, -0.2) is 47.2 Å². The van der Waals surface area contributed by atoms with Gasteiger partial charge in [0.2, 0.25) is 5.91 Å². The Hall–Kier alpha value is -4.91. The molecule has 0 spiro atoms. The van der Waals surface area contributed by atoms with Crippen LogP contribution in [0.4, 0.5) is 5.69 Å². The maximum Gasteiger partial charge on any atom is 0.255 e. The van der Waals surface area contributed by atoms with Crippen molar-refractivity contribution in [3.63, 3.8) is 0 Å². The number of hydrogen-bond acceptors (Lipinski definition) is 5. The van der Waals surface area contributed by atoms with Crippen LogP contribution in [0.5, 0.6) is 5.75 Å². The third-order valence-electron chi connectivity index (χ3n) is 9.28. The molecular weight excluding hydrogens is 550 g/mol. The van der Waals surface area contributed by atoms with Crippen molar-refractivity contribution in [3.8, 4) is 5.75 Å². The molecule has 3 heterocycles. The summed E-state index contributed by atoms with van der Waals surface area (Å²) in [5.74, 6) is 0.288. The van der Waals surface area contributed by atoms with Crippen LogP contribution in [0, 0.1) is 0 Å². The summed E-state index contributed by atoms with van der Waals surface area (Å²) >= 11 is 0. The van der Waals surface area contributed by atoms with E-state index < -0.39 is 6.04 Å². The maximum atomic E-state index is 13.6. The van der Waals surface area contributed by atoms with Gasteiger partial charge in [0.25, 0.3) is 11.8 Å². The molecule has 3 aliphatic rings. The number of nitrogens with zero attached hydrogens (tertiary/aromatic N) is 3. The molecule has 0 aliphatic carbocycles. The van der Waals surface area contributed by atoms with Gasteiger partial charge in [-0.05, 0) is 64.9 Å².